The second-order valence-electron chi connectivity index (χ2n) is 9.09. The summed E-state index contributed by atoms with van der Waals surface area (Å²) >= 11 is 0. The van der Waals surface area contributed by atoms with Gasteiger partial charge in [-0.2, -0.15) is 0 Å². The summed E-state index contributed by atoms with van der Waals surface area (Å²) in [6.07, 6.45) is -21.5. The molecule has 3 fully saturated rings. The summed E-state index contributed by atoms with van der Waals surface area (Å²) in [4.78, 5) is 11.4. The monoisotopic (exact) mass is 529 g/mol. The van der Waals surface area contributed by atoms with Gasteiger partial charge in [0.05, 0.1) is 19.3 Å². The minimum Gasteiger partial charge on any atom is -0.394 e. The van der Waals surface area contributed by atoms with Crippen LogP contribution in [0.4, 0.5) is 0 Å². The van der Waals surface area contributed by atoms with E-state index in [1.807, 2.05) is 0 Å². The van der Waals surface area contributed by atoms with E-state index < -0.39 is 111 Å². The Morgan fingerprint density at radius 2 is 1.39 bits per heavy atom. The van der Waals surface area contributed by atoms with Gasteiger partial charge in [-0.15, -0.1) is 0 Å². The molecule has 0 aromatic heterocycles. The quantitative estimate of drug-likeness (QED) is 0.147. The van der Waals surface area contributed by atoms with E-state index in [9.17, 15) is 50.8 Å². The van der Waals surface area contributed by atoms with Crippen molar-refractivity contribution in [3.05, 3.63) is 0 Å². The zero-order chi connectivity index (χ0) is 26.9. The third-order valence-electron chi connectivity index (χ3n) is 6.44. The lowest BCUT2D eigenvalue weighted by molar-refractivity contribution is -0.354. The van der Waals surface area contributed by atoms with Gasteiger partial charge in [-0.1, -0.05) is 0 Å². The van der Waals surface area contributed by atoms with E-state index in [-0.39, 0.29) is 0 Å². The first-order valence-corrected chi connectivity index (χ1v) is 11.4. The number of aliphatic hydroxyl groups is 9. The van der Waals surface area contributed by atoms with Crippen LogP contribution >= 0.6 is 0 Å². The molecule has 210 valence electrons. The average Bonchev–Trinajstić information content (AvgIpc) is 2.83. The first-order chi connectivity index (χ1) is 16.9. The maximum Gasteiger partial charge on any atom is 0.217 e. The van der Waals surface area contributed by atoms with Crippen LogP contribution in [0.15, 0.2) is 0 Å². The van der Waals surface area contributed by atoms with Crippen LogP contribution in [0.3, 0.4) is 0 Å². The van der Waals surface area contributed by atoms with Gasteiger partial charge in [0.2, 0.25) is 5.91 Å². The molecule has 0 aromatic rings. The molecule has 1 amide bonds. The van der Waals surface area contributed by atoms with Crippen molar-refractivity contribution < 1.29 is 74.4 Å². The van der Waals surface area contributed by atoms with E-state index in [1.165, 1.54) is 6.92 Å². The number of ether oxygens (including phenoxy) is 5. The summed E-state index contributed by atoms with van der Waals surface area (Å²) in [5, 5.41) is 93.4. The fraction of sp³-hybridized carbons (Fsp3) is 0.950. The Morgan fingerprint density at radius 3 is 2.00 bits per heavy atom. The number of rotatable bonds is 7. The third kappa shape index (κ3) is 6.13. The Kier molecular flexibility index (Phi) is 9.97. The minimum absolute atomic E-state index is 0.539. The highest BCUT2D eigenvalue weighted by Gasteiger charge is 2.51. The smallest absolute Gasteiger partial charge is 0.217 e. The van der Waals surface area contributed by atoms with Crippen molar-refractivity contribution in [3.63, 3.8) is 0 Å². The number of hydrogen-bond acceptors (Lipinski definition) is 15. The number of amides is 1. The predicted molar refractivity (Wildman–Crippen MR) is 111 cm³/mol. The fourth-order valence-electron chi connectivity index (χ4n) is 4.30. The Bertz CT molecular complexity index is 731. The molecule has 16 heteroatoms. The molecule has 3 rings (SSSR count). The second-order valence-corrected chi connectivity index (χ2v) is 9.09. The van der Waals surface area contributed by atoms with E-state index in [2.05, 4.69) is 5.32 Å². The predicted octanol–water partition coefficient (Wildman–Crippen LogP) is -6.40. The van der Waals surface area contributed by atoms with Crippen LogP contribution in [0.25, 0.3) is 0 Å². The van der Waals surface area contributed by atoms with E-state index in [0.29, 0.717) is 0 Å². The van der Waals surface area contributed by atoms with E-state index in [0.717, 1.165) is 6.92 Å². The van der Waals surface area contributed by atoms with Crippen LogP contribution < -0.4 is 5.32 Å². The molecule has 0 saturated carbocycles. The topological polar surface area (TPSA) is 257 Å². The second kappa shape index (κ2) is 12.2. The lowest BCUT2D eigenvalue weighted by atomic mass is 9.95. The largest absolute Gasteiger partial charge is 0.394 e. The molecule has 3 aliphatic heterocycles. The Balaban J connectivity index is 1.69. The van der Waals surface area contributed by atoms with E-state index >= 15 is 0 Å². The first-order valence-electron chi connectivity index (χ1n) is 11.4. The number of nitrogens with one attached hydrogen (secondary N) is 1. The third-order valence-corrected chi connectivity index (χ3v) is 6.44. The van der Waals surface area contributed by atoms with Gasteiger partial charge in [-0.05, 0) is 6.92 Å². The molecule has 16 nitrogen and oxygen atoms in total. The Labute approximate surface area is 205 Å². The van der Waals surface area contributed by atoms with Crippen molar-refractivity contribution >= 4 is 5.91 Å². The summed E-state index contributed by atoms with van der Waals surface area (Å²) in [6.45, 7) is 1.29. The molecule has 10 N–H and O–H groups in total. The lowest BCUT2D eigenvalue weighted by Crippen LogP contribution is -2.67. The summed E-state index contributed by atoms with van der Waals surface area (Å²) < 4.78 is 27.0. The number of carbonyl (C=O) groups is 1. The molecule has 3 heterocycles. The van der Waals surface area contributed by atoms with Gasteiger partial charge in [0.1, 0.15) is 67.1 Å². The molecule has 15 atom stereocenters. The van der Waals surface area contributed by atoms with Crippen molar-refractivity contribution in [1.29, 1.82) is 0 Å². The summed E-state index contributed by atoms with van der Waals surface area (Å²) in [5.41, 5.74) is 0. The molecule has 36 heavy (non-hydrogen) atoms. The van der Waals surface area contributed by atoms with Crippen molar-refractivity contribution in [2.75, 3.05) is 13.2 Å². The Hall–Kier alpha value is -1.09. The van der Waals surface area contributed by atoms with Gasteiger partial charge in [-0.25, -0.2) is 0 Å². The minimum atomic E-state index is -1.85. The van der Waals surface area contributed by atoms with Gasteiger partial charge in [0.25, 0.3) is 0 Å². The molecule has 0 radical (unpaired) electrons. The molecule has 0 spiro atoms. The summed E-state index contributed by atoms with van der Waals surface area (Å²) in [6, 6.07) is -1.36. The zero-order valence-corrected chi connectivity index (χ0v) is 19.5. The summed E-state index contributed by atoms with van der Waals surface area (Å²) in [7, 11) is 0. The number of hydrogen-bond donors (Lipinski definition) is 10. The van der Waals surface area contributed by atoms with Gasteiger partial charge in [0.15, 0.2) is 18.9 Å². The highest BCUT2D eigenvalue weighted by molar-refractivity contribution is 5.73. The van der Waals surface area contributed by atoms with Crippen molar-refractivity contribution in [1.82, 2.24) is 5.32 Å². The molecule has 0 aromatic carbocycles. The molecule has 3 aliphatic rings. The highest BCUT2D eigenvalue weighted by Crippen LogP contribution is 2.30. The maximum atomic E-state index is 11.4. The SMILES string of the molecule is CC(=O)N[C@@H]1[C@@H](O)[C@H](O[C@@H]2O[C@H](CO[C@@H]3O[C@@H](C)[C@@H](O)[C@@H](O)[C@@H]3O)[C@@H](O)[C@H](O)[C@H]2O)[C@@H](CO)O[C@H]1O. The highest BCUT2D eigenvalue weighted by atomic mass is 16.7. The normalized spacial score (nSPS) is 50.0. The molecule has 0 bridgehead atoms. The summed E-state index contributed by atoms with van der Waals surface area (Å²) in [5.74, 6) is -0.605. The van der Waals surface area contributed by atoms with Gasteiger partial charge >= 0.3 is 0 Å². The maximum absolute atomic E-state index is 11.4. The van der Waals surface area contributed by atoms with Crippen LogP contribution in [-0.4, -0.2) is 157 Å². The van der Waals surface area contributed by atoms with E-state index in [1.54, 1.807) is 0 Å². The fourth-order valence-corrected chi connectivity index (χ4v) is 4.30. The van der Waals surface area contributed by atoms with Gasteiger partial charge in [0, 0.05) is 6.92 Å². The standard InChI is InChI=1S/C20H35NO15/c1-5-10(24)13(27)15(29)19(33-5)32-4-8-11(25)14(28)16(30)20(35-8)36-17-7(3-22)34-18(31)9(12(17)26)21-6(2)23/h5,7-20,22,24-31H,3-4H2,1-2H3,(H,21,23)/t5-,7+,8+,9+,10+,11+,12+,13+,14-,15-,16+,17+,18+,19+,20-/m0/s1. The first kappa shape index (κ1) is 29.5. The molecular formula is C20H35NO15. The number of carbonyl (C=O) groups excluding carboxylic acids is 1. The van der Waals surface area contributed by atoms with Crippen LogP contribution in [0.2, 0.25) is 0 Å². The van der Waals surface area contributed by atoms with Gasteiger partial charge < -0.3 is 75.0 Å². The van der Waals surface area contributed by atoms with Crippen molar-refractivity contribution in [2.24, 2.45) is 0 Å². The van der Waals surface area contributed by atoms with Gasteiger partial charge in [-0.3, -0.25) is 4.79 Å². The van der Waals surface area contributed by atoms with Crippen LogP contribution in [0.1, 0.15) is 13.8 Å². The van der Waals surface area contributed by atoms with E-state index in [4.69, 9.17) is 23.7 Å². The Morgan fingerprint density at radius 1 is 0.778 bits per heavy atom. The lowest BCUT2D eigenvalue weighted by Gasteiger charge is -2.46. The van der Waals surface area contributed by atoms with Crippen LogP contribution in [0.5, 0.6) is 0 Å². The molecule has 3 saturated heterocycles. The molecule has 0 unspecified atom stereocenters. The van der Waals surface area contributed by atoms with Crippen LogP contribution in [0, 0.1) is 0 Å². The molecule has 0 aliphatic carbocycles. The zero-order valence-electron chi connectivity index (χ0n) is 19.5. The van der Waals surface area contributed by atoms with Crippen LogP contribution in [-0.2, 0) is 28.5 Å². The van der Waals surface area contributed by atoms with Crippen molar-refractivity contribution in [3.8, 4) is 0 Å². The van der Waals surface area contributed by atoms with Crippen molar-refractivity contribution in [2.45, 2.75) is 106 Å². The average molecular weight is 529 g/mol. The molecular weight excluding hydrogens is 494 g/mol. The number of aliphatic hydroxyl groups excluding tert-OH is 9.